The Bertz CT molecular complexity index is 569. The first-order valence-electron chi connectivity index (χ1n) is 6.83. The van der Waals surface area contributed by atoms with E-state index in [1.54, 1.807) is 18.4 Å². The van der Waals surface area contributed by atoms with Crippen LogP contribution < -0.4 is 4.90 Å². The normalized spacial score (nSPS) is 19.5. The van der Waals surface area contributed by atoms with Gasteiger partial charge in [0.2, 0.25) is 0 Å². The topological polar surface area (TPSA) is 38.2 Å². The number of aryl methyl sites for hydroxylation is 1. The van der Waals surface area contributed by atoms with Crippen LogP contribution in [0.5, 0.6) is 0 Å². The zero-order chi connectivity index (χ0) is 13.2. The van der Waals surface area contributed by atoms with Gasteiger partial charge in [0.05, 0.1) is 18.0 Å². The Hall–Kier alpha value is -1.20. The van der Waals surface area contributed by atoms with Gasteiger partial charge in [0.15, 0.2) is 0 Å². The lowest BCUT2D eigenvalue weighted by Gasteiger charge is -2.26. The molecule has 1 saturated heterocycles. The molecule has 0 saturated carbocycles. The molecule has 0 spiro atoms. The molecule has 0 aliphatic carbocycles. The summed E-state index contributed by atoms with van der Waals surface area (Å²) < 4.78 is 5.35. The molecule has 1 atom stereocenters. The van der Waals surface area contributed by atoms with E-state index in [1.165, 1.54) is 18.2 Å². The number of fused-ring (bicyclic) bond motifs is 1. The van der Waals surface area contributed by atoms with E-state index in [9.17, 15) is 0 Å². The highest BCUT2D eigenvalue weighted by Crippen LogP contribution is 2.32. The molecule has 1 aliphatic rings. The molecule has 4 nitrogen and oxygen atoms in total. The fourth-order valence-electron chi connectivity index (χ4n) is 2.74. The average molecular weight is 277 g/mol. The smallest absolute Gasteiger partial charge is 0.141 e. The van der Waals surface area contributed by atoms with Crippen LogP contribution in [0, 0.1) is 0 Å². The minimum Gasteiger partial charge on any atom is -0.383 e. The standard InChI is InChI=1S/C14H19N3OS/c1-3-12-15-13(11-6-8-19-14(11)16-12)17-7-4-5-10(17)9-18-2/h6,8,10H,3-5,7,9H2,1-2H3. The Morgan fingerprint density at radius 1 is 1.47 bits per heavy atom. The summed E-state index contributed by atoms with van der Waals surface area (Å²) in [5.41, 5.74) is 0. The van der Waals surface area contributed by atoms with Crippen molar-refractivity contribution < 1.29 is 4.74 Å². The number of hydrogen-bond donors (Lipinski definition) is 0. The lowest BCUT2D eigenvalue weighted by atomic mass is 10.2. The van der Waals surface area contributed by atoms with Crippen LogP contribution in [0.15, 0.2) is 11.4 Å². The number of methoxy groups -OCH3 is 1. The van der Waals surface area contributed by atoms with Crippen molar-refractivity contribution in [1.82, 2.24) is 9.97 Å². The molecule has 0 N–H and O–H groups in total. The predicted molar refractivity (Wildman–Crippen MR) is 79.0 cm³/mol. The summed E-state index contributed by atoms with van der Waals surface area (Å²) in [7, 11) is 1.77. The van der Waals surface area contributed by atoms with Crippen LogP contribution >= 0.6 is 11.3 Å². The Morgan fingerprint density at radius 3 is 3.16 bits per heavy atom. The second kappa shape index (κ2) is 5.43. The Morgan fingerprint density at radius 2 is 2.37 bits per heavy atom. The number of rotatable bonds is 4. The largest absolute Gasteiger partial charge is 0.383 e. The first-order valence-corrected chi connectivity index (χ1v) is 7.71. The zero-order valence-corrected chi connectivity index (χ0v) is 12.2. The molecule has 19 heavy (non-hydrogen) atoms. The van der Waals surface area contributed by atoms with Gasteiger partial charge in [-0.15, -0.1) is 11.3 Å². The molecule has 1 fully saturated rings. The van der Waals surface area contributed by atoms with Gasteiger partial charge in [-0.25, -0.2) is 9.97 Å². The van der Waals surface area contributed by atoms with Gasteiger partial charge < -0.3 is 9.64 Å². The molecule has 3 rings (SSSR count). The maximum absolute atomic E-state index is 5.35. The molecular weight excluding hydrogens is 258 g/mol. The van der Waals surface area contributed by atoms with Crippen molar-refractivity contribution in [2.75, 3.05) is 25.2 Å². The van der Waals surface area contributed by atoms with Gasteiger partial charge in [0.1, 0.15) is 16.5 Å². The molecule has 2 aromatic rings. The van der Waals surface area contributed by atoms with Crippen LogP contribution in [0.1, 0.15) is 25.6 Å². The minimum absolute atomic E-state index is 0.452. The van der Waals surface area contributed by atoms with Crippen molar-refractivity contribution in [3.8, 4) is 0 Å². The summed E-state index contributed by atoms with van der Waals surface area (Å²) >= 11 is 1.70. The molecule has 1 aliphatic heterocycles. The first-order chi connectivity index (χ1) is 9.33. The molecule has 102 valence electrons. The van der Waals surface area contributed by atoms with Gasteiger partial charge in [0, 0.05) is 20.1 Å². The third kappa shape index (κ3) is 2.32. The van der Waals surface area contributed by atoms with Crippen LogP contribution in [0.25, 0.3) is 10.2 Å². The van der Waals surface area contributed by atoms with E-state index in [0.29, 0.717) is 6.04 Å². The number of hydrogen-bond acceptors (Lipinski definition) is 5. The van der Waals surface area contributed by atoms with E-state index in [2.05, 4.69) is 28.3 Å². The molecule has 1 unspecified atom stereocenters. The average Bonchev–Trinajstić information content (AvgIpc) is 3.06. The maximum atomic E-state index is 5.35. The summed E-state index contributed by atoms with van der Waals surface area (Å²) in [6.07, 6.45) is 3.28. The molecule has 0 bridgehead atoms. The summed E-state index contributed by atoms with van der Waals surface area (Å²) in [6, 6.07) is 2.59. The number of aromatic nitrogens is 2. The quantitative estimate of drug-likeness (QED) is 0.861. The van der Waals surface area contributed by atoms with E-state index in [4.69, 9.17) is 9.72 Å². The van der Waals surface area contributed by atoms with Crippen LogP contribution in [0.3, 0.4) is 0 Å². The van der Waals surface area contributed by atoms with E-state index in [0.717, 1.165) is 36.0 Å². The third-order valence-corrected chi connectivity index (χ3v) is 4.48. The molecular formula is C14H19N3OS. The molecule has 5 heteroatoms. The summed E-state index contributed by atoms with van der Waals surface area (Å²) in [4.78, 5) is 12.9. The molecule has 0 amide bonds. The predicted octanol–water partition coefficient (Wildman–Crippen LogP) is 2.87. The van der Waals surface area contributed by atoms with Crippen molar-refractivity contribution in [3.05, 3.63) is 17.3 Å². The van der Waals surface area contributed by atoms with Crippen molar-refractivity contribution in [2.45, 2.75) is 32.2 Å². The van der Waals surface area contributed by atoms with Crippen molar-refractivity contribution in [2.24, 2.45) is 0 Å². The van der Waals surface area contributed by atoms with Gasteiger partial charge in [-0.1, -0.05) is 6.92 Å². The Balaban J connectivity index is 2.05. The fraction of sp³-hybridized carbons (Fsp3) is 0.571. The minimum atomic E-state index is 0.452. The number of thiophene rings is 1. The van der Waals surface area contributed by atoms with Gasteiger partial charge in [0.25, 0.3) is 0 Å². The number of ether oxygens (including phenoxy) is 1. The highest BCUT2D eigenvalue weighted by atomic mass is 32.1. The summed E-state index contributed by atoms with van der Waals surface area (Å²) in [5, 5.41) is 3.29. The van der Waals surface area contributed by atoms with E-state index in [1.807, 2.05) is 0 Å². The molecule has 2 aromatic heterocycles. The molecule has 0 radical (unpaired) electrons. The lowest BCUT2D eigenvalue weighted by molar-refractivity contribution is 0.180. The van der Waals surface area contributed by atoms with E-state index >= 15 is 0 Å². The molecule has 0 aromatic carbocycles. The van der Waals surface area contributed by atoms with E-state index < -0.39 is 0 Å². The van der Waals surface area contributed by atoms with Crippen LogP contribution in [0.2, 0.25) is 0 Å². The molecule has 3 heterocycles. The summed E-state index contributed by atoms with van der Waals surface area (Å²) in [6.45, 7) is 3.95. The zero-order valence-electron chi connectivity index (χ0n) is 11.4. The van der Waals surface area contributed by atoms with Gasteiger partial charge >= 0.3 is 0 Å². The van der Waals surface area contributed by atoms with Crippen molar-refractivity contribution >= 4 is 27.4 Å². The monoisotopic (exact) mass is 277 g/mol. The second-order valence-corrected chi connectivity index (χ2v) is 5.80. The highest BCUT2D eigenvalue weighted by Gasteiger charge is 2.27. The van der Waals surface area contributed by atoms with Gasteiger partial charge in [-0.05, 0) is 24.3 Å². The number of anilines is 1. The van der Waals surface area contributed by atoms with Crippen molar-refractivity contribution in [3.63, 3.8) is 0 Å². The van der Waals surface area contributed by atoms with Crippen LogP contribution in [-0.4, -0.2) is 36.3 Å². The van der Waals surface area contributed by atoms with Gasteiger partial charge in [-0.2, -0.15) is 0 Å². The summed E-state index contributed by atoms with van der Waals surface area (Å²) in [5.74, 6) is 2.04. The Labute approximate surface area is 117 Å². The van der Waals surface area contributed by atoms with Crippen LogP contribution in [-0.2, 0) is 11.2 Å². The maximum Gasteiger partial charge on any atom is 0.141 e. The second-order valence-electron chi connectivity index (χ2n) is 4.90. The Kier molecular flexibility index (Phi) is 3.66. The van der Waals surface area contributed by atoms with Crippen molar-refractivity contribution in [1.29, 1.82) is 0 Å². The lowest BCUT2D eigenvalue weighted by Crippen LogP contribution is -2.33. The number of nitrogens with zero attached hydrogens (tertiary/aromatic N) is 3. The highest BCUT2D eigenvalue weighted by molar-refractivity contribution is 7.16. The third-order valence-electron chi connectivity index (χ3n) is 3.68. The SMILES string of the molecule is CCc1nc(N2CCCC2COC)c2ccsc2n1. The van der Waals surface area contributed by atoms with Gasteiger partial charge in [-0.3, -0.25) is 0 Å². The van der Waals surface area contributed by atoms with Crippen LogP contribution in [0.4, 0.5) is 5.82 Å². The van der Waals surface area contributed by atoms with E-state index in [-0.39, 0.29) is 0 Å². The fourth-order valence-corrected chi connectivity index (χ4v) is 3.52. The first kappa shape index (κ1) is 12.8.